The molecule has 0 heterocycles. The summed E-state index contributed by atoms with van der Waals surface area (Å²) in [5.74, 6) is -1.66. The Hall–Kier alpha value is -2.33. The second-order valence-corrected chi connectivity index (χ2v) is 5.05. The first-order chi connectivity index (χ1) is 10.5. The molecule has 114 valence electrons. The van der Waals surface area contributed by atoms with E-state index in [2.05, 4.69) is 4.74 Å². The molecule has 0 bridgehead atoms. The number of methoxy groups -OCH3 is 1. The van der Waals surface area contributed by atoms with Gasteiger partial charge in [0.25, 0.3) is 0 Å². The summed E-state index contributed by atoms with van der Waals surface area (Å²) in [5, 5.41) is 13.0. The topological polar surface area (TPSA) is 49.4 Å². The van der Waals surface area contributed by atoms with Crippen molar-refractivity contribution in [2.45, 2.75) is 6.42 Å². The van der Waals surface area contributed by atoms with Crippen LogP contribution >= 0.6 is 11.6 Å². The second-order valence-electron chi connectivity index (χ2n) is 4.61. The van der Waals surface area contributed by atoms with Gasteiger partial charge in [-0.05, 0) is 35.4 Å². The van der Waals surface area contributed by atoms with Gasteiger partial charge in [-0.2, -0.15) is 0 Å². The van der Waals surface area contributed by atoms with Crippen LogP contribution in [0.3, 0.4) is 0 Å². The molecule has 0 saturated heterocycles. The zero-order chi connectivity index (χ0) is 16.1. The molecule has 5 heteroatoms. The highest BCUT2D eigenvalue weighted by Crippen LogP contribution is 2.20. The molecule has 0 saturated carbocycles. The van der Waals surface area contributed by atoms with Crippen LogP contribution in [-0.2, 0) is 16.0 Å². The predicted octanol–water partition coefficient (Wildman–Crippen LogP) is 2.97. The molecule has 2 aromatic carbocycles. The van der Waals surface area contributed by atoms with Gasteiger partial charge in [-0.1, -0.05) is 41.6 Å². The van der Waals surface area contributed by atoms with Crippen LogP contribution in [0.4, 0.5) is 4.39 Å². The molecular weight excluding hydrogens is 307 g/mol. The molecule has 0 fully saturated rings. The smallest absolute Gasteiger partial charge is 0.333 e. The maximum absolute atomic E-state index is 12.9. The lowest BCUT2D eigenvalue weighted by molar-refractivity contribution is -0.245. The quantitative estimate of drug-likeness (QED) is 0.494. The molecule has 0 atom stereocenters. The van der Waals surface area contributed by atoms with Gasteiger partial charge in [-0.25, -0.2) is 9.18 Å². The molecule has 0 aliphatic heterocycles. The van der Waals surface area contributed by atoms with Crippen molar-refractivity contribution in [2.75, 3.05) is 7.11 Å². The molecule has 0 unspecified atom stereocenters. The summed E-state index contributed by atoms with van der Waals surface area (Å²) in [6, 6.07) is 11.9. The van der Waals surface area contributed by atoms with Crippen molar-refractivity contribution in [1.82, 2.24) is 0 Å². The van der Waals surface area contributed by atoms with Gasteiger partial charge in [-0.15, -0.1) is 0 Å². The van der Waals surface area contributed by atoms with Crippen LogP contribution in [0.5, 0.6) is 0 Å². The molecule has 0 radical (unpaired) electrons. The van der Waals surface area contributed by atoms with Crippen LogP contribution in [0.25, 0.3) is 5.76 Å². The third-order valence-corrected chi connectivity index (χ3v) is 3.32. The van der Waals surface area contributed by atoms with E-state index in [1.54, 1.807) is 24.3 Å². The number of ether oxygens (including phenoxy) is 1. The third-order valence-electron chi connectivity index (χ3n) is 3.08. The van der Waals surface area contributed by atoms with Gasteiger partial charge in [0, 0.05) is 17.0 Å². The number of hydrogen-bond donors (Lipinski definition) is 0. The first-order valence-corrected chi connectivity index (χ1v) is 6.88. The number of rotatable bonds is 4. The molecule has 0 amide bonds. The molecule has 0 aliphatic rings. The van der Waals surface area contributed by atoms with E-state index in [0.717, 1.165) is 0 Å². The Labute approximate surface area is 132 Å². The summed E-state index contributed by atoms with van der Waals surface area (Å²) in [4.78, 5) is 11.9. The van der Waals surface area contributed by atoms with Crippen LogP contribution in [0.1, 0.15) is 11.1 Å². The van der Waals surface area contributed by atoms with E-state index in [4.69, 9.17) is 11.6 Å². The van der Waals surface area contributed by atoms with Crippen molar-refractivity contribution >= 4 is 23.3 Å². The monoisotopic (exact) mass is 319 g/mol. The van der Waals surface area contributed by atoms with Gasteiger partial charge in [0.05, 0.1) is 7.11 Å². The lowest BCUT2D eigenvalue weighted by Crippen LogP contribution is -2.16. The first kappa shape index (κ1) is 16.0. The van der Waals surface area contributed by atoms with Crippen LogP contribution < -0.4 is 5.11 Å². The van der Waals surface area contributed by atoms with Gasteiger partial charge in [0.2, 0.25) is 0 Å². The van der Waals surface area contributed by atoms with Crippen molar-refractivity contribution in [3.8, 4) is 0 Å². The van der Waals surface area contributed by atoms with Crippen LogP contribution in [0.2, 0.25) is 5.02 Å². The number of carbonyl (C=O) groups is 1. The average Bonchev–Trinajstić information content (AvgIpc) is 2.52. The Bertz CT molecular complexity index is 708. The Morgan fingerprint density at radius 1 is 1.23 bits per heavy atom. The van der Waals surface area contributed by atoms with Gasteiger partial charge < -0.3 is 9.84 Å². The predicted molar refractivity (Wildman–Crippen MR) is 80.5 cm³/mol. The van der Waals surface area contributed by atoms with Crippen LogP contribution in [0, 0.1) is 5.82 Å². The molecule has 0 aliphatic carbocycles. The SMILES string of the molecule is COC(=O)/C(Cc1cccc(Cl)c1)=C(\[O-])c1ccc(F)cc1. The minimum Gasteiger partial charge on any atom is -0.872 e. The Morgan fingerprint density at radius 2 is 1.91 bits per heavy atom. The molecule has 0 spiro atoms. The molecule has 3 nitrogen and oxygen atoms in total. The first-order valence-electron chi connectivity index (χ1n) is 6.50. The fourth-order valence-corrected chi connectivity index (χ4v) is 2.21. The lowest BCUT2D eigenvalue weighted by Gasteiger charge is -2.18. The average molecular weight is 320 g/mol. The van der Waals surface area contributed by atoms with E-state index in [9.17, 15) is 14.3 Å². The largest absolute Gasteiger partial charge is 0.872 e. The minimum atomic E-state index is -0.714. The van der Waals surface area contributed by atoms with Gasteiger partial charge in [0.15, 0.2) is 0 Å². The van der Waals surface area contributed by atoms with E-state index >= 15 is 0 Å². The van der Waals surface area contributed by atoms with E-state index < -0.39 is 17.5 Å². The zero-order valence-corrected chi connectivity index (χ0v) is 12.6. The lowest BCUT2D eigenvalue weighted by atomic mass is 10.0. The molecule has 2 aromatic rings. The summed E-state index contributed by atoms with van der Waals surface area (Å²) in [7, 11) is 1.21. The molecule has 22 heavy (non-hydrogen) atoms. The van der Waals surface area contributed by atoms with E-state index in [1.165, 1.54) is 31.4 Å². The normalized spacial score (nSPS) is 11.8. The van der Waals surface area contributed by atoms with Crippen LogP contribution in [-0.4, -0.2) is 13.1 Å². The highest BCUT2D eigenvalue weighted by molar-refractivity contribution is 6.30. The molecule has 2 rings (SSSR count). The van der Waals surface area contributed by atoms with Gasteiger partial charge in [0.1, 0.15) is 5.82 Å². The van der Waals surface area contributed by atoms with Gasteiger partial charge in [-0.3, -0.25) is 0 Å². The zero-order valence-electron chi connectivity index (χ0n) is 11.8. The van der Waals surface area contributed by atoms with Crippen molar-refractivity contribution in [3.63, 3.8) is 0 Å². The summed E-state index contributed by atoms with van der Waals surface area (Å²) in [5.41, 5.74) is 0.906. The highest BCUT2D eigenvalue weighted by Gasteiger charge is 2.13. The number of esters is 1. The molecule has 0 N–H and O–H groups in total. The number of benzene rings is 2. The fourth-order valence-electron chi connectivity index (χ4n) is 1.99. The van der Waals surface area contributed by atoms with E-state index in [0.29, 0.717) is 10.6 Å². The summed E-state index contributed by atoms with van der Waals surface area (Å²) >= 11 is 5.90. The standard InChI is InChI=1S/C17H14ClFO3/c1-22-17(21)15(10-11-3-2-4-13(18)9-11)16(20)12-5-7-14(19)8-6-12/h2-9,20H,10H2,1H3/p-1/b16-15-. The maximum Gasteiger partial charge on any atom is 0.333 e. The molecule has 0 aromatic heterocycles. The third kappa shape index (κ3) is 3.86. The van der Waals surface area contributed by atoms with Crippen LogP contribution in [0.15, 0.2) is 54.1 Å². The number of hydrogen-bond acceptors (Lipinski definition) is 3. The Balaban J connectivity index is 2.42. The fraction of sp³-hybridized carbons (Fsp3) is 0.118. The van der Waals surface area contributed by atoms with Crippen molar-refractivity contribution in [3.05, 3.63) is 76.1 Å². The van der Waals surface area contributed by atoms with E-state index in [-0.39, 0.29) is 17.6 Å². The van der Waals surface area contributed by atoms with E-state index in [1.807, 2.05) is 0 Å². The van der Waals surface area contributed by atoms with Gasteiger partial charge >= 0.3 is 5.97 Å². The highest BCUT2D eigenvalue weighted by atomic mass is 35.5. The maximum atomic E-state index is 12.9. The van der Waals surface area contributed by atoms with Crippen molar-refractivity contribution in [2.24, 2.45) is 0 Å². The summed E-state index contributed by atoms with van der Waals surface area (Å²) < 4.78 is 17.6. The summed E-state index contributed by atoms with van der Waals surface area (Å²) in [6.45, 7) is 0. The number of carbonyl (C=O) groups excluding carboxylic acids is 1. The van der Waals surface area contributed by atoms with Crippen molar-refractivity contribution in [1.29, 1.82) is 0 Å². The summed E-state index contributed by atoms with van der Waals surface area (Å²) in [6.07, 6.45) is 0.0867. The Morgan fingerprint density at radius 3 is 2.50 bits per heavy atom. The van der Waals surface area contributed by atoms with Crippen molar-refractivity contribution < 1.29 is 19.0 Å². The molecular formula is C17H13ClFO3-. The minimum absolute atomic E-state index is 0.0311. The second kappa shape index (κ2) is 7.09. The Kier molecular flexibility index (Phi) is 5.17. The number of halogens is 2.